The van der Waals surface area contributed by atoms with Gasteiger partial charge < -0.3 is 10.1 Å². The van der Waals surface area contributed by atoms with Gasteiger partial charge in [0.15, 0.2) is 11.6 Å². The Morgan fingerprint density at radius 3 is 2.73 bits per heavy atom. The second kappa shape index (κ2) is 7.34. The Kier molecular flexibility index (Phi) is 4.97. The van der Waals surface area contributed by atoms with Gasteiger partial charge in [-0.1, -0.05) is 12.1 Å². The molecule has 0 saturated carbocycles. The number of ether oxygens (including phenoxy) is 1. The van der Waals surface area contributed by atoms with Crippen LogP contribution in [0.2, 0.25) is 0 Å². The molecule has 0 aliphatic rings. The van der Waals surface area contributed by atoms with Crippen molar-refractivity contribution >= 4 is 22.8 Å². The summed E-state index contributed by atoms with van der Waals surface area (Å²) in [6.07, 6.45) is 1.37. The Hall–Kier alpha value is -3.23. The van der Waals surface area contributed by atoms with Crippen molar-refractivity contribution < 1.29 is 18.3 Å². The summed E-state index contributed by atoms with van der Waals surface area (Å²) in [5, 5.41) is 11.8. The lowest BCUT2D eigenvalue weighted by Gasteiger charge is -2.15. The van der Waals surface area contributed by atoms with E-state index in [0.29, 0.717) is 17.6 Å². The topological polar surface area (TPSA) is 91.9 Å². The Balaban J connectivity index is 1.72. The van der Waals surface area contributed by atoms with Gasteiger partial charge in [-0.15, -0.1) is 5.10 Å². The van der Waals surface area contributed by atoms with E-state index in [-0.39, 0.29) is 23.0 Å². The van der Waals surface area contributed by atoms with E-state index in [1.54, 1.807) is 26.0 Å². The lowest BCUT2D eigenvalue weighted by molar-refractivity contribution is 0.249. The van der Waals surface area contributed by atoms with E-state index in [1.807, 2.05) is 0 Å². The maximum atomic E-state index is 14.5. The van der Waals surface area contributed by atoms with Crippen LogP contribution in [0, 0.1) is 11.6 Å². The molecule has 0 radical (unpaired) electrons. The Bertz CT molecular complexity index is 927. The minimum absolute atomic E-state index is 0.0883. The molecule has 2 heterocycles. The van der Waals surface area contributed by atoms with Crippen molar-refractivity contribution in [2.45, 2.75) is 19.9 Å². The predicted octanol–water partition coefficient (Wildman–Crippen LogP) is 3.52. The summed E-state index contributed by atoms with van der Waals surface area (Å²) in [6, 6.07) is 4.68. The van der Waals surface area contributed by atoms with Crippen LogP contribution in [0.4, 0.5) is 19.4 Å². The number of carbonyl (C=O) groups excluding carboxylic acids is 1. The minimum atomic E-state index is -0.745. The summed E-state index contributed by atoms with van der Waals surface area (Å²) in [7, 11) is 0. The maximum absolute atomic E-state index is 14.5. The lowest BCUT2D eigenvalue weighted by Crippen LogP contribution is -2.31. The fourth-order valence-electron chi connectivity index (χ4n) is 2.43. The standard InChI is InChI=1S/C17H17F2N5O2/c1-3-26-16-12-8-20-15(13(19)14(12)23-24-16)22-17(25)21-9(2)10-4-6-11(18)7-5-10/h4-9H,3H2,1-2H3,(H,23,24)(H2,20,21,22,25). The van der Waals surface area contributed by atoms with Gasteiger partial charge in [0.25, 0.3) is 0 Å². The molecular formula is C17H17F2N5O2. The highest BCUT2D eigenvalue weighted by molar-refractivity contribution is 5.92. The van der Waals surface area contributed by atoms with Gasteiger partial charge in [0.2, 0.25) is 5.88 Å². The van der Waals surface area contributed by atoms with Gasteiger partial charge in [0.05, 0.1) is 18.0 Å². The van der Waals surface area contributed by atoms with E-state index in [0.717, 1.165) is 0 Å². The normalized spacial score (nSPS) is 12.0. The number of hydrogen-bond donors (Lipinski definition) is 3. The van der Waals surface area contributed by atoms with Crippen LogP contribution in [-0.2, 0) is 0 Å². The lowest BCUT2D eigenvalue weighted by atomic mass is 10.1. The zero-order valence-electron chi connectivity index (χ0n) is 14.1. The number of carbonyl (C=O) groups is 1. The number of H-pyrrole nitrogens is 1. The van der Waals surface area contributed by atoms with Crippen LogP contribution in [0.15, 0.2) is 30.5 Å². The molecule has 9 heteroatoms. The van der Waals surface area contributed by atoms with E-state index in [9.17, 15) is 13.6 Å². The first-order valence-corrected chi connectivity index (χ1v) is 7.98. The molecule has 1 atom stereocenters. The van der Waals surface area contributed by atoms with Crippen LogP contribution in [0.25, 0.3) is 10.9 Å². The first-order chi connectivity index (χ1) is 12.5. The monoisotopic (exact) mass is 361 g/mol. The molecule has 0 fully saturated rings. The Labute approximate surface area is 147 Å². The first-order valence-electron chi connectivity index (χ1n) is 7.98. The molecule has 0 spiro atoms. The number of aromatic nitrogens is 3. The molecule has 3 rings (SSSR count). The van der Waals surface area contributed by atoms with Crippen molar-refractivity contribution in [1.82, 2.24) is 20.5 Å². The zero-order valence-corrected chi connectivity index (χ0v) is 14.1. The molecule has 0 aliphatic carbocycles. The zero-order chi connectivity index (χ0) is 18.7. The molecule has 2 amide bonds. The molecule has 1 unspecified atom stereocenters. The van der Waals surface area contributed by atoms with Crippen molar-refractivity contribution in [3.8, 4) is 5.88 Å². The molecule has 0 aliphatic heterocycles. The number of pyridine rings is 1. The number of nitrogens with one attached hydrogen (secondary N) is 3. The average Bonchev–Trinajstić information content (AvgIpc) is 3.02. The fraction of sp³-hybridized carbons (Fsp3) is 0.235. The molecule has 1 aromatic carbocycles. The minimum Gasteiger partial charge on any atom is -0.476 e. The highest BCUT2D eigenvalue weighted by Crippen LogP contribution is 2.27. The van der Waals surface area contributed by atoms with Crippen molar-refractivity contribution in [3.05, 3.63) is 47.7 Å². The average molecular weight is 361 g/mol. The largest absolute Gasteiger partial charge is 0.476 e. The van der Waals surface area contributed by atoms with Crippen LogP contribution in [0.5, 0.6) is 5.88 Å². The van der Waals surface area contributed by atoms with E-state index in [2.05, 4.69) is 25.8 Å². The highest BCUT2D eigenvalue weighted by atomic mass is 19.1. The van der Waals surface area contributed by atoms with Gasteiger partial charge in [0, 0.05) is 6.20 Å². The first kappa shape index (κ1) is 17.6. The van der Waals surface area contributed by atoms with Gasteiger partial charge in [-0.25, -0.2) is 18.6 Å². The third kappa shape index (κ3) is 3.56. The number of hydrogen-bond acceptors (Lipinski definition) is 4. The van der Waals surface area contributed by atoms with Crippen molar-refractivity contribution in [2.75, 3.05) is 11.9 Å². The van der Waals surface area contributed by atoms with Gasteiger partial charge in [-0.2, -0.15) is 0 Å². The third-order valence-corrected chi connectivity index (χ3v) is 3.75. The molecule has 0 saturated heterocycles. The summed E-state index contributed by atoms with van der Waals surface area (Å²) >= 11 is 0. The van der Waals surface area contributed by atoms with Crippen LogP contribution in [-0.4, -0.2) is 27.8 Å². The fourth-order valence-corrected chi connectivity index (χ4v) is 2.43. The van der Waals surface area contributed by atoms with Crippen LogP contribution < -0.4 is 15.4 Å². The molecule has 0 bridgehead atoms. The van der Waals surface area contributed by atoms with E-state index in [4.69, 9.17) is 4.74 Å². The van der Waals surface area contributed by atoms with E-state index in [1.165, 1.54) is 18.3 Å². The second-order valence-corrected chi connectivity index (χ2v) is 5.54. The number of benzene rings is 1. The van der Waals surface area contributed by atoms with Gasteiger partial charge >= 0.3 is 6.03 Å². The number of fused-ring (bicyclic) bond motifs is 1. The molecule has 3 aromatic rings. The number of anilines is 1. The van der Waals surface area contributed by atoms with Crippen molar-refractivity contribution in [3.63, 3.8) is 0 Å². The van der Waals surface area contributed by atoms with E-state index >= 15 is 0 Å². The summed E-state index contributed by atoms with van der Waals surface area (Å²) in [4.78, 5) is 16.0. The third-order valence-electron chi connectivity index (χ3n) is 3.75. The van der Waals surface area contributed by atoms with Crippen molar-refractivity contribution in [1.29, 1.82) is 0 Å². The van der Waals surface area contributed by atoms with E-state index < -0.39 is 17.9 Å². The van der Waals surface area contributed by atoms with Gasteiger partial charge in [-0.3, -0.25) is 10.4 Å². The van der Waals surface area contributed by atoms with Crippen LogP contribution in [0.1, 0.15) is 25.5 Å². The summed E-state index contributed by atoms with van der Waals surface area (Å²) in [5.74, 6) is -1.11. The smallest absolute Gasteiger partial charge is 0.320 e. The number of aromatic amines is 1. The Morgan fingerprint density at radius 1 is 1.31 bits per heavy atom. The molecule has 7 nitrogen and oxygen atoms in total. The number of amides is 2. The molecular weight excluding hydrogens is 344 g/mol. The summed E-state index contributed by atoms with van der Waals surface area (Å²) in [6.45, 7) is 3.89. The van der Waals surface area contributed by atoms with Gasteiger partial charge in [-0.05, 0) is 31.5 Å². The number of rotatable bonds is 5. The summed E-state index contributed by atoms with van der Waals surface area (Å²) in [5.41, 5.74) is 0.797. The number of nitrogens with zero attached hydrogens (tertiary/aromatic N) is 2. The molecule has 26 heavy (non-hydrogen) atoms. The molecule has 136 valence electrons. The van der Waals surface area contributed by atoms with Crippen LogP contribution in [0.3, 0.4) is 0 Å². The second-order valence-electron chi connectivity index (χ2n) is 5.54. The summed E-state index contributed by atoms with van der Waals surface area (Å²) < 4.78 is 32.7. The Morgan fingerprint density at radius 2 is 2.04 bits per heavy atom. The number of halogens is 2. The molecule has 2 aromatic heterocycles. The number of urea groups is 1. The molecule has 3 N–H and O–H groups in total. The SMILES string of the molecule is CCOc1n[nH]c2c(F)c(NC(=O)NC(C)c3ccc(F)cc3)ncc12. The highest BCUT2D eigenvalue weighted by Gasteiger charge is 2.18. The van der Waals surface area contributed by atoms with Crippen molar-refractivity contribution in [2.24, 2.45) is 0 Å². The predicted molar refractivity (Wildman–Crippen MR) is 92.0 cm³/mol. The van der Waals surface area contributed by atoms with Gasteiger partial charge in [0.1, 0.15) is 11.3 Å². The quantitative estimate of drug-likeness (QED) is 0.648. The van der Waals surface area contributed by atoms with Crippen LogP contribution >= 0.6 is 0 Å². The maximum Gasteiger partial charge on any atom is 0.320 e.